The molecule has 0 fully saturated rings. The molecule has 0 saturated carbocycles. The molecule has 0 radical (unpaired) electrons. The molecule has 5 aromatic rings. The van der Waals surface area contributed by atoms with Crippen molar-refractivity contribution in [3.8, 4) is 16.8 Å². The van der Waals surface area contributed by atoms with E-state index in [0.717, 1.165) is 22.5 Å². The van der Waals surface area contributed by atoms with Gasteiger partial charge in [0.2, 0.25) is 0 Å². The van der Waals surface area contributed by atoms with Crippen LogP contribution in [0.25, 0.3) is 33.5 Å². The lowest BCUT2D eigenvalue weighted by Crippen LogP contribution is -2.20. The van der Waals surface area contributed by atoms with Crippen molar-refractivity contribution in [2.75, 3.05) is 0 Å². The summed E-state index contributed by atoms with van der Waals surface area (Å²) in [6, 6.07) is 17.3. The largest absolute Gasteiger partial charge is 0.285 e. The van der Waals surface area contributed by atoms with Gasteiger partial charge in [-0.15, -0.1) is 10.2 Å². The fourth-order valence-corrected chi connectivity index (χ4v) is 3.40. The molecule has 3 heterocycles. The zero-order chi connectivity index (χ0) is 19.3. The van der Waals surface area contributed by atoms with Crippen molar-refractivity contribution in [3.05, 3.63) is 88.7 Å². The number of para-hydroxylation sites is 1. The van der Waals surface area contributed by atoms with Crippen LogP contribution in [0, 0.1) is 12.7 Å². The quantitative estimate of drug-likeness (QED) is 0.476. The highest BCUT2D eigenvalue weighted by molar-refractivity contribution is 5.84. The average Bonchev–Trinajstić information content (AvgIpc) is 3.06. The van der Waals surface area contributed by atoms with Crippen molar-refractivity contribution < 1.29 is 4.39 Å². The molecule has 2 aromatic carbocycles. The molecule has 0 amide bonds. The first kappa shape index (κ1) is 16.3. The van der Waals surface area contributed by atoms with Gasteiger partial charge in [-0.1, -0.05) is 30.3 Å². The second kappa shape index (κ2) is 6.09. The molecular formula is C21H14FN5O. The smallest absolute Gasteiger partial charge is 0.282 e. The van der Waals surface area contributed by atoms with E-state index in [1.54, 1.807) is 28.9 Å². The Labute approximate surface area is 158 Å². The summed E-state index contributed by atoms with van der Waals surface area (Å²) in [6.07, 6.45) is 1.70. The Kier molecular flexibility index (Phi) is 3.55. The summed E-state index contributed by atoms with van der Waals surface area (Å²) >= 11 is 0. The minimum Gasteiger partial charge on any atom is -0.282 e. The predicted octanol–water partition coefficient (Wildman–Crippen LogP) is 3.54. The minimum absolute atomic E-state index is 0.229. The van der Waals surface area contributed by atoms with Crippen molar-refractivity contribution in [1.82, 2.24) is 24.4 Å². The zero-order valence-corrected chi connectivity index (χ0v) is 14.9. The molecule has 3 aromatic heterocycles. The molecular weight excluding hydrogens is 357 g/mol. The van der Waals surface area contributed by atoms with E-state index in [-0.39, 0.29) is 16.9 Å². The first-order valence-corrected chi connectivity index (χ1v) is 8.72. The molecule has 0 aliphatic carbocycles. The van der Waals surface area contributed by atoms with E-state index in [4.69, 9.17) is 0 Å². The number of hydrogen-bond donors (Lipinski definition) is 0. The van der Waals surface area contributed by atoms with Gasteiger partial charge in [0, 0.05) is 11.9 Å². The third kappa shape index (κ3) is 2.40. The zero-order valence-electron chi connectivity index (χ0n) is 14.9. The average molecular weight is 371 g/mol. The van der Waals surface area contributed by atoms with Crippen molar-refractivity contribution in [2.24, 2.45) is 0 Å². The Morgan fingerprint density at radius 1 is 0.929 bits per heavy atom. The van der Waals surface area contributed by atoms with Crippen LogP contribution in [0.15, 0.2) is 71.7 Å². The van der Waals surface area contributed by atoms with Crippen LogP contribution in [0.2, 0.25) is 0 Å². The molecule has 0 N–H and O–H groups in total. The van der Waals surface area contributed by atoms with E-state index in [2.05, 4.69) is 15.3 Å². The van der Waals surface area contributed by atoms with Crippen LogP contribution in [0.5, 0.6) is 0 Å². The minimum atomic E-state index is -0.309. The Bertz CT molecular complexity index is 1390. The van der Waals surface area contributed by atoms with Crippen LogP contribution in [0.3, 0.4) is 0 Å². The number of pyridine rings is 1. The maximum atomic E-state index is 13.3. The van der Waals surface area contributed by atoms with Gasteiger partial charge in [0.25, 0.3) is 5.56 Å². The molecule has 0 aliphatic rings. The Morgan fingerprint density at radius 2 is 1.68 bits per heavy atom. The fourth-order valence-electron chi connectivity index (χ4n) is 3.40. The summed E-state index contributed by atoms with van der Waals surface area (Å²) in [5, 5.41) is 13.0. The number of aromatic nitrogens is 5. The number of benzene rings is 2. The van der Waals surface area contributed by atoms with Crippen LogP contribution in [-0.4, -0.2) is 24.4 Å². The van der Waals surface area contributed by atoms with Crippen molar-refractivity contribution in [2.45, 2.75) is 6.92 Å². The van der Waals surface area contributed by atoms with Crippen LogP contribution in [-0.2, 0) is 0 Å². The van der Waals surface area contributed by atoms with Gasteiger partial charge in [-0.05, 0) is 42.8 Å². The molecule has 0 spiro atoms. The second-order valence-corrected chi connectivity index (χ2v) is 6.46. The second-order valence-electron chi connectivity index (χ2n) is 6.46. The van der Waals surface area contributed by atoms with Crippen molar-refractivity contribution in [1.29, 1.82) is 0 Å². The van der Waals surface area contributed by atoms with Crippen molar-refractivity contribution >= 4 is 16.7 Å². The maximum Gasteiger partial charge on any atom is 0.285 e. The third-order valence-electron chi connectivity index (χ3n) is 4.72. The third-order valence-corrected chi connectivity index (χ3v) is 4.72. The van der Waals surface area contributed by atoms with Crippen LogP contribution in [0.1, 0.15) is 5.69 Å². The predicted molar refractivity (Wildman–Crippen MR) is 104 cm³/mol. The number of hydrogen-bond acceptors (Lipinski definition) is 4. The molecule has 5 rings (SSSR count). The lowest BCUT2D eigenvalue weighted by atomic mass is 10.1. The molecule has 0 atom stereocenters. The van der Waals surface area contributed by atoms with E-state index in [9.17, 15) is 9.18 Å². The number of rotatable bonds is 2. The lowest BCUT2D eigenvalue weighted by Gasteiger charge is -2.07. The molecule has 28 heavy (non-hydrogen) atoms. The van der Waals surface area contributed by atoms with Crippen LogP contribution in [0.4, 0.5) is 4.39 Å². The topological polar surface area (TPSA) is 65.1 Å². The van der Waals surface area contributed by atoms with Crippen molar-refractivity contribution in [3.63, 3.8) is 0 Å². The van der Waals surface area contributed by atoms with E-state index >= 15 is 0 Å². The normalized spacial score (nSPS) is 11.4. The molecule has 0 aliphatic heterocycles. The number of nitrogens with zero attached hydrogens (tertiary/aromatic N) is 5. The number of aryl methyl sites for hydroxylation is 1. The Hall–Kier alpha value is -3.87. The molecule has 7 heteroatoms. The van der Waals surface area contributed by atoms with E-state index in [0.29, 0.717) is 11.2 Å². The highest BCUT2D eigenvalue weighted by atomic mass is 19.1. The summed E-state index contributed by atoms with van der Waals surface area (Å²) in [4.78, 5) is 12.9. The molecule has 136 valence electrons. The van der Waals surface area contributed by atoms with Crippen LogP contribution >= 0.6 is 0 Å². The first-order valence-electron chi connectivity index (χ1n) is 8.72. The van der Waals surface area contributed by atoms with E-state index in [1.807, 2.05) is 37.3 Å². The van der Waals surface area contributed by atoms with Gasteiger partial charge >= 0.3 is 0 Å². The summed E-state index contributed by atoms with van der Waals surface area (Å²) in [5.74, 6) is -0.309. The lowest BCUT2D eigenvalue weighted by molar-refractivity contribution is 0.628. The maximum absolute atomic E-state index is 13.3. The summed E-state index contributed by atoms with van der Waals surface area (Å²) in [5.41, 5.74) is 4.08. The van der Waals surface area contributed by atoms with Gasteiger partial charge in [0.05, 0.1) is 11.3 Å². The van der Waals surface area contributed by atoms with Gasteiger partial charge in [0.1, 0.15) is 11.3 Å². The SMILES string of the molecule is Cc1nn2c(nnc3c(=O)n(-c4ccccc4)ccc32)c1-c1ccc(F)cc1. The fraction of sp³-hybridized carbons (Fsp3) is 0.0476. The highest BCUT2D eigenvalue weighted by Crippen LogP contribution is 2.28. The van der Waals surface area contributed by atoms with Gasteiger partial charge in [-0.2, -0.15) is 5.10 Å². The molecule has 6 nitrogen and oxygen atoms in total. The molecule has 0 saturated heterocycles. The number of fused-ring (bicyclic) bond motifs is 3. The van der Waals surface area contributed by atoms with Gasteiger partial charge in [-0.25, -0.2) is 8.91 Å². The van der Waals surface area contributed by atoms with Crippen LogP contribution < -0.4 is 5.56 Å². The van der Waals surface area contributed by atoms with Gasteiger partial charge in [0.15, 0.2) is 11.2 Å². The first-order chi connectivity index (χ1) is 13.6. The standard InChI is InChI=1S/C21H14FN5O/c1-13-18(14-7-9-15(22)10-8-14)20-24-23-19-17(27(20)25-13)11-12-26(21(19)28)16-5-3-2-4-6-16/h2-12H,1H3. The Morgan fingerprint density at radius 3 is 2.43 bits per heavy atom. The van der Waals surface area contributed by atoms with Gasteiger partial charge < -0.3 is 0 Å². The highest BCUT2D eigenvalue weighted by Gasteiger charge is 2.17. The summed E-state index contributed by atoms with van der Waals surface area (Å²) in [6.45, 7) is 1.85. The van der Waals surface area contributed by atoms with E-state index < -0.39 is 0 Å². The monoisotopic (exact) mass is 371 g/mol. The van der Waals surface area contributed by atoms with Gasteiger partial charge in [-0.3, -0.25) is 9.36 Å². The summed E-state index contributed by atoms with van der Waals surface area (Å²) in [7, 11) is 0. The van der Waals surface area contributed by atoms with E-state index in [1.165, 1.54) is 16.7 Å². The molecule has 0 unspecified atom stereocenters. The number of halogens is 1. The summed E-state index contributed by atoms with van der Waals surface area (Å²) < 4.78 is 16.4. The Balaban J connectivity index is 1.78. The molecule has 0 bridgehead atoms.